The lowest BCUT2D eigenvalue weighted by Crippen LogP contribution is -2.37. The van der Waals surface area contributed by atoms with Crippen LogP contribution in [-0.4, -0.2) is 57.2 Å². The van der Waals surface area contributed by atoms with Crippen molar-refractivity contribution in [1.82, 2.24) is 9.80 Å². The highest BCUT2D eigenvalue weighted by molar-refractivity contribution is 5.46. The molecular formula is C17H28N2O2. The molecule has 0 bridgehead atoms. The predicted molar refractivity (Wildman–Crippen MR) is 86.2 cm³/mol. The van der Waals surface area contributed by atoms with Gasteiger partial charge in [-0.25, -0.2) is 0 Å². The summed E-state index contributed by atoms with van der Waals surface area (Å²) in [4.78, 5) is 4.86. The first-order valence-electron chi connectivity index (χ1n) is 7.69. The standard InChI is InChI=1S/C17H28N2O2/c1-13(19(3)12-14-8-7-11-18(14)2)17-15(20-4)9-6-10-16(17)21-5/h6,9-10,13-14H,7-8,11-12H2,1-5H3. The summed E-state index contributed by atoms with van der Waals surface area (Å²) in [7, 11) is 7.84. The third-order valence-electron chi connectivity index (χ3n) is 4.72. The van der Waals surface area contributed by atoms with Gasteiger partial charge in [0.15, 0.2) is 0 Å². The normalized spacial score (nSPS) is 20.8. The van der Waals surface area contributed by atoms with Gasteiger partial charge in [-0.1, -0.05) is 6.07 Å². The Kier molecular flexibility index (Phi) is 5.48. The SMILES string of the molecule is COc1cccc(OC)c1C(C)N(C)CC1CCCN1C. The van der Waals surface area contributed by atoms with Crippen LogP contribution in [0.15, 0.2) is 18.2 Å². The molecule has 0 amide bonds. The summed E-state index contributed by atoms with van der Waals surface area (Å²) >= 11 is 0. The number of hydrogen-bond donors (Lipinski definition) is 0. The molecule has 1 aromatic carbocycles. The van der Waals surface area contributed by atoms with E-state index in [-0.39, 0.29) is 6.04 Å². The first kappa shape index (κ1) is 16.1. The molecule has 21 heavy (non-hydrogen) atoms. The Bertz CT molecular complexity index is 442. The van der Waals surface area contributed by atoms with Crippen LogP contribution in [0.4, 0.5) is 0 Å². The average Bonchev–Trinajstić information content (AvgIpc) is 2.90. The third kappa shape index (κ3) is 3.50. The van der Waals surface area contributed by atoms with E-state index in [2.05, 4.69) is 30.8 Å². The lowest BCUT2D eigenvalue weighted by molar-refractivity contribution is 0.181. The first-order chi connectivity index (χ1) is 10.1. The Hall–Kier alpha value is -1.26. The van der Waals surface area contributed by atoms with Gasteiger partial charge in [0.05, 0.1) is 19.8 Å². The fourth-order valence-corrected chi connectivity index (χ4v) is 3.21. The number of ether oxygens (including phenoxy) is 2. The molecule has 4 nitrogen and oxygen atoms in total. The van der Waals surface area contributed by atoms with Crippen molar-refractivity contribution in [2.75, 3.05) is 41.4 Å². The van der Waals surface area contributed by atoms with Crippen LogP contribution in [0.5, 0.6) is 11.5 Å². The third-order valence-corrected chi connectivity index (χ3v) is 4.72. The molecule has 1 saturated heterocycles. The van der Waals surface area contributed by atoms with Crippen molar-refractivity contribution in [2.24, 2.45) is 0 Å². The summed E-state index contributed by atoms with van der Waals surface area (Å²) in [5, 5.41) is 0. The summed E-state index contributed by atoms with van der Waals surface area (Å²) in [5.74, 6) is 1.79. The molecule has 1 heterocycles. The maximum Gasteiger partial charge on any atom is 0.127 e. The Morgan fingerprint density at radius 2 is 1.90 bits per heavy atom. The van der Waals surface area contributed by atoms with Gasteiger partial charge >= 0.3 is 0 Å². The second-order valence-corrected chi connectivity index (χ2v) is 5.97. The van der Waals surface area contributed by atoms with Gasteiger partial charge in [-0.15, -0.1) is 0 Å². The van der Waals surface area contributed by atoms with E-state index in [4.69, 9.17) is 9.47 Å². The van der Waals surface area contributed by atoms with Crippen LogP contribution in [0.3, 0.4) is 0 Å². The highest BCUT2D eigenvalue weighted by atomic mass is 16.5. The molecule has 2 rings (SSSR count). The van der Waals surface area contributed by atoms with Crippen LogP contribution >= 0.6 is 0 Å². The highest BCUT2D eigenvalue weighted by Crippen LogP contribution is 2.36. The minimum absolute atomic E-state index is 0.255. The Balaban J connectivity index is 2.16. The Morgan fingerprint density at radius 3 is 2.38 bits per heavy atom. The highest BCUT2D eigenvalue weighted by Gasteiger charge is 2.26. The Labute approximate surface area is 128 Å². The van der Waals surface area contributed by atoms with Crippen molar-refractivity contribution in [2.45, 2.75) is 31.8 Å². The largest absolute Gasteiger partial charge is 0.496 e. The number of likely N-dealkylation sites (N-methyl/N-ethyl adjacent to an activating group) is 2. The quantitative estimate of drug-likeness (QED) is 0.805. The zero-order valence-electron chi connectivity index (χ0n) is 13.9. The van der Waals surface area contributed by atoms with E-state index >= 15 is 0 Å². The van der Waals surface area contributed by atoms with Crippen LogP contribution in [0.1, 0.15) is 31.4 Å². The van der Waals surface area contributed by atoms with Gasteiger partial charge in [0, 0.05) is 18.6 Å². The molecule has 0 spiro atoms. The molecule has 1 aliphatic rings. The smallest absolute Gasteiger partial charge is 0.127 e. The van der Waals surface area contributed by atoms with Gasteiger partial charge in [-0.05, 0) is 52.5 Å². The van der Waals surface area contributed by atoms with Gasteiger partial charge in [0.2, 0.25) is 0 Å². The summed E-state index contributed by atoms with van der Waals surface area (Å²) in [5.41, 5.74) is 1.13. The molecule has 0 aromatic heterocycles. The molecule has 4 heteroatoms. The molecule has 1 fully saturated rings. The van der Waals surface area contributed by atoms with Gasteiger partial charge in [0.1, 0.15) is 11.5 Å². The van der Waals surface area contributed by atoms with E-state index in [1.165, 1.54) is 19.4 Å². The molecular weight excluding hydrogens is 264 g/mol. The molecule has 2 atom stereocenters. The van der Waals surface area contributed by atoms with Gasteiger partial charge in [-0.3, -0.25) is 4.90 Å². The van der Waals surface area contributed by atoms with Crippen LogP contribution < -0.4 is 9.47 Å². The first-order valence-corrected chi connectivity index (χ1v) is 7.69. The summed E-state index contributed by atoms with van der Waals surface area (Å²) < 4.78 is 11.1. The van der Waals surface area contributed by atoms with E-state index in [1.54, 1.807) is 14.2 Å². The van der Waals surface area contributed by atoms with E-state index in [9.17, 15) is 0 Å². The van der Waals surface area contributed by atoms with Crippen LogP contribution in [0, 0.1) is 0 Å². The zero-order valence-corrected chi connectivity index (χ0v) is 13.9. The van der Waals surface area contributed by atoms with Crippen molar-refractivity contribution in [3.05, 3.63) is 23.8 Å². The molecule has 0 radical (unpaired) electrons. The Morgan fingerprint density at radius 1 is 1.29 bits per heavy atom. The summed E-state index contributed by atoms with van der Waals surface area (Å²) in [6, 6.07) is 6.88. The minimum Gasteiger partial charge on any atom is -0.496 e. The fourth-order valence-electron chi connectivity index (χ4n) is 3.21. The maximum absolute atomic E-state index is 5.53. The average molecular weight is 292 g/mol. The van der Waals surface area contributed by atoms with Gasteiger partial charge in [-0.2, -0.15) is 0 Å². The molecule has 0 N–H and O–H groups in total. The van der Waals surface area contributed by atoms with Crippen molar-refractivity contribution < 1.29 is 9.47 Å². The second-order valence-electron chi connectivity index (χ2n) is 5.97. The van der Waals surface area contributed by atoms with E-state index in [1.807, 2.05) is 18.2 Å². The molecule has 0 saturated carbocycles. The number of benzene rings is 1. The minimum atomic E-state index is 0.255. The number of methoxy groups -OCH3 is 2. The van der Waals surface area contributed by atoms with Crippen LogP contribution in [0.25, 0.3) is 0 Å². The number of rotatable bonds is 6. The topological polar surface area (TPSA) is 24.9 Å². The number of hydrogen-bond acceptors (Lipinski definition) is 4. The lowest BCUT2D eigenvalue weighted by Gasteiger charge is -2.31. The molecule has 1 aromatic rings. The summed E-state index contributed by atoms with van der Waals surface area (Å²) in [6.07, 6.45) is 2.60. The lowest BCUT2D eigenvalue weighted by atomic mass is 10.0. The van der Waals surface area contributed by atoms with Gasteiger partial charge in [0.25, 0.3) is 0 Å². The maximum atomic E-state index is 5.53. The van der Waals surface area contributed by atoms with Crippen molar-refractivity contribution >= 4 is 0 Å². The zero-order chi connectivity index (χ0) is 15.4. The van der Waals surface area contributed by atoms with Gasteiger partial charge < -0.3 is 14.4 Å². The number of likely N-dealkylation sites (tertiary alicyclic amines) is 1. The van der Waals surface area contributed by atoms with Crippen molar-refractivity contribution in [3.63, 3.8) is 0 Å². The van der Waals surface area contributed by atoms with E-state index < -0.39 is 0 Å². The van der Waals surface area contributed by atoms with Crippen LogP contribution in [0.2, 0.25) is 0 Å². The van der Waals surface area contributed by atoms with E-state index in [0.717, 1.165) is 23.6 Å². The molecule has 0 aliphatic carbocycles. The monoisotopic (exact) mass is 292 g/mol. The second kappa shape index (κ2) is 7.14. The molecule has 118 valence electrons. The van der Waals surface area contributed by atoms with Crippen LogP contribution in [-0.2, 0) is 0 Å². The molecule has 1 aliphatic heterocycles. The predicted octanol–water partition coefficient (Wildman–Crippen LogP) is 2.79. The van der Waals surface area contributed by atoms with E-state index in [0.29, 0.717) is 6.04 Å². The van der Waals surface area contributed by atoms with Crippen molar-refractivity contribution in [1.29, 1.82) is 0 Å². The fraction of sp³-hybridized carbons (Fsp3) is 0.647. The summed E-state index contributed by atoms with van der Waals surface area (Å²) in [6.45, 7) is 4.50. The molecule has 2 unspecified atom stereocenters. The number of nitrogens with zero attached hydrogens (tertiary/aromatic N) is 2. The van der Waals surface area contributed by atoms with Crippen molar-refractivity contribution in [3.8, 4) is 11.5 Å².